The van der Waals surface area contributed by atoms with E-state index in [9.17, 15) is 45.6 Å². The number of hydrogen-bond donors (Lipinski definition) is 9. The van der Waals surface area contributed by atoms with Gasteiger partial charge in [-0.15, -0.1) is 0 Å². The predicted octanol–water partition coefficient (Wildman–Crippen LogP) is 7.55. The highest BCUT2D eigenvalue weighted by molar-refractivity contribution is 5.73. The Balaban J connectivity index is 1.44. The van der Waals surface area contributed by atoms with E-state index >= 15 is 0 Å². The third-order valence-corrected chi connectivity index (χ3v) is 13.5. The lowest BCUT2D eigenvalue weighted by molar-refractivity contribution is -0.359. The first-order valence-electron chi connectivity index (χ1n) is 26.9. The van der Waals surface area contributed by atoms with Crippen molar-refractivity contribution in [2.75, 3.05) is 19.8 Å². The monoisotopic (exact) mass is 946 g/mol. The van der Waals surface area contributed by atoms with Gasteiger partial charge >= 0.3 is 0 Å². The highest BCUT2D eigenvalue weighted by Crippen LogP contribution is 2.30. The number of carbonyl (C=O) groups excluding carboxylic acids is 1. The van der Waals surface area contributed by atoms with Crippen LogP contribution in [0.15, 0.2) is 12.2 Å². The molecule has 2 aliphatic heterocycles. The van der Waals surface area contributed by atoms with E-state index in [1.807, 2.05) is 6.08 Å². The summed E-state index contributed by atoms with van der Waals surface area (Å²) in [5.74, 6) is -0.413. The Morgan fingerprint density at radius 3 is 1.30 bits per heavy atom. The van der Waals surface area contributed by atoms with E-state index < -0.39 is 92.7 Å². The number of nitrogens with one attached hydrogen (secondary N) is 1. The number of aliphatic hydroxyl groups excluding tert-OH is 8. The number of unbranched alkanes of at least 4 members (excludes halogenated alkanes) is 31. The van der Waals surface area contributed by atoms with Gasteiger partial charge in [0.05, 0.1) is 32.0 Å². The molecule has 390 valence electrons. The van der Waals surface area contributed by atoms with Crippen molar-refractivity contribution in [2.45, 2.75) is 293 Å². The summed E-state index contributed by atoms with van der Waals surface area (Å²) >= 11 is 0. The molecule has 14 nitrogen and oxygen atoms in total. The van der Waals surface area contributed by atoms with Crippen LogP contribution in [0, 0.1) is 0 Å². The van der Waals surface area contributed by atoms with Crippen LogP contribution in [-0.4, -0.2) is 140 Å². The molecule has 1 amide bonds. The van der Waals surface area contributed by atoms with Gasteiger partial charge in [-0.1, -0.05) is 212 Å². The lowest BCUT2D eigenvalue weighted by Gasteiger charge is -2.46. The molecule has 0 saturated carbocycles. The van der Waals surface area contributed by atoms with Gasteiger partial charge in [-0.3, -0.25) is 4.79 Å². The van der Waals surface area contributed by atoms with Gasteiger partial charge in [-0.25, -0.2) is 0 Å². The van der Waals surface area contributed by atoms with Crippen LogP contribution < -0.4 is 5.32 Å². The highest BCUT2D eigenvalue weighted by Gasteiger charge is 2.51. The molecule has 66 heavy (non-hydrogen) atoms. The standard InChI is InChI=1S/C52H99NO13/c1-3-4-5-6-7-8-9-10-11-12-13-14-15-16-17-18-19-20-21-22-23-24-25-26-27-28-29-30-31-32-33-34-35-36-42(57)41(53-40(2)56)39-63-51-49(62)47(60)50(44(38-55)65-51)66-52-48(61)46(59)45(58)43(37-54)64-52/h35-36,41-52,54-55,57-62H,3-34,37-39H2,1-2H3,(H,53,56)/b36-35+. The summed E-state index contributed by atoms with van der Waals surface area (Å²) in [4.78, 5) is 11.9. The summed E-state index contributed by atoms with van der Waals surface area (Å²) in [5.41, 5.74) is 0. The molecular weight excluding hydrogens is 847 g/mol. The predicted molar refractivity (Wildman–Crippen MR) is 259 cm³/mol. The molecule has 2 fully saturated rings. The molecule has 9 N–H and O–H groups in total. The van der Waals surface area contributed by atoms with Gasteiger partial charge in [0, 0.05) is 6.92 Å². The molecule has 0 bridgehead atoms. The second kappa shape index (κ2) is 39.5. The fourth-order valence-electron chi connectivity index (χ4n) is 9.21. The summed E-state index contributed by atoms with van der Waals surface area (Å²) in [5, 5.41) is 85.1. The van der Waals surface area contributed by atoms with Gasteiger partial charge in [0.2, 0.25) is 5.91 Å². The summed E-state index contributed by atoms with van der Waals surface area (Å²) in [6, 6.07) is -0.911. The van der Waals surface area contributed by atoms with E-state index in [-0.39, 0.29) is 6.61 Å². The van der Waals surface area contributed by atoms with Gasteiger partial charge in [0.25, 0.3) is 0 Å². The van der Waals surface area contributed by atoms with Crippen molar-refractivity contribution in [1.29, 1.82) is 0 Å². The topological polar surface area (TPSA) is 228 Å². The van der Waals surface area contributed by atoms with Crippen LogP contribution in [0.5, 0.6) is 0 Å². The van der Waals surface area contributed by atoms with Crippen molar-refractivity contribution in [3.8, 4) is 0 Å². The van der Waals surface area contributed by atoms with Gasteiger partial charge in [-0.05, 0) is 12.8 Å². The first kappa shape index (κ1) is 60.9. The summed E-state index contributed by atoms with van der Waals surface area (Å²) in [6.45, 7) is 1.86. The molecular formula is C52H99NO13. The number of allylic oxidation sites excluding steroid dienone is 1. The minimum Gasteiger partial charge on any atom is -0.394 e. The average molecular weight is 946 g/mol. The van der Waals surface area contributed by atoms with Gasteiger partial charge in [0.1, 0.15) is 48.8 Å². The first-order valence-corrected chi connectivity index (χ1v) is 26.9. The molecule has 2 heterocycles. The zero-order chi connectivity index (χ0) is 48.2. The molecule has 2 aliphatic rings. The summed E-state index contributed by atoms with van der Waals surface area (Å²) < 4.78 is 22.3. The maximum atomic E-state index is 11.9. The average Bonchev–Trinajstić information content (AvgIpc) is 3.31. The van der Waals surface area contributed by atoms with Crippen LogP contribution in [-0.2, 0) is 23.7 Å². The molecule has 0 aromatic heterocycles. The third kappa shape index (κ3) is 26.6. The third-order valence-electron chi connectivity index (χ3n) is 13.5. The molecule has 12 atom stereocenters. The second-order valence-corrected chi connectivity index (χ2v) is 19.5. The van der Waals surface area contributed by atoms with E-state index in [0.29, 0.717) is 0 Å². The van der Waals surface area contributed by atoms with Crippen LogP contribution in [0.2, 0.25) is 0 Å². The molecule has 14 heteroatoms. The quantitative estimate of drug-likeness (QED) is 0.0213. The molecule has 0 aromatic rings. The Labute approximate surface area is 399 Å². The number of carbonyl (C=O) groups is 1. The number of rotatable bonds is 42. The maximum absolute atomic E-state index is 11.9. The van der Waals surface area contributed by atoms with Gasteiger partial charge < -0.3 is 65.1 Å². The van der Waals surface area contributed by atoms with Crippen molar-refractivity contribution in [2.24, 2.45) is 0 Å². The Hall–Kier alpha value is -1.27. The molecule has 0 aromatic carbocycles. The molecule has 12 unspecified atom stereocenters. The SMILES string of the molecule is CCCCCCCCCCCCCCCCCCCCCCCCCCCCCCCCC/C=C/C(O)C(COC1OC(CO)C(OC2OC(CO)C(O)C(O)C2O)C(O)C1O)NC(C)=O. The smallest absolute Gasteiger partial charge is 0.217 e. The van der Waals surface area contributed by atoms with Crippen LogP contribution >= 0.6 is 0 Å². The lowest BCUT2D eigenvalue weighted by atomic mass is 9.97. The summed E-state index contributed by atoms with van der Waals surface area (Å²) in [7, 11) is 0. The van der Waals surface area contributed by atoms with Gasteiger partial charge in [0.15, 0.2) is 12.6 Å². The number of amides is 1. The number of hydrogen-bond acceptors (Lipinski definition) is 13. The van der Waals surface area contributed by atoms with Crippen LogP contribution in [0.4, 0.5) is 0 Å². The minimum atomic E-state index is -1.78. The zero-order valence-corrected chi connectivity index (χ0v) is 41.5. The largest absolute Gasteiger partial charge is 0.394 e. The normalized spacial score (nSPS) is 26.8. The maximum Gasteiger partial charge on any atom is 0.217 e. The second-order valence-electron chi connectivity index (χ2n) is 19.5. The highest BCUT2D eigenvalue weighted by atomic mass is 16.7. The van der Waals surface area contributed by atoms with Crippen LogP contribution in [0.1, 0.15) is 219 Å². The molecule has 0 radical (unpaired) electrons. The van der Waals surface area contributed by atoms with E-state index in [0.717, 1.165) is 19.3 Å². The minimum absolute atomic E-state index is 0.310. The van der Waals surface area contributed by atoms with Crippen molar-refractivity contribution in [3.05, 3.63) is 12.2 Å². The molecule has 0 aliphatic carbocycles. The zero-order valence-electron chi connectivity index (χ0n) is 41.5. The number of aliphatic hydroxyl groups is 8. The molecule has 2 saturated heterocycles. The van der Waals surface area contributed by atoms with E-state index in [4.69, 9.17) is 18.9 Å². The Bertz CT molecular complexity index is 1160. The Morgan fingerprint density at radius 1 is 0.530 bits per heavy atom. The van der Waals surface area contributed by atoms with E-state index in [2.05, 4.69) is 12.2 Å². The lowest BCUT2D eigenvalue weighted by Crippen LogP contribution is -2.65. The fourth-order valence-corrected chi connectivity index (χ4v) is 9.21. The Kier molecular flexibility index (Phi) is 36.4. The van der Waals surface area contributed by atoms with E-state index in [1.54, 1.807) is 6.08 Å². The van der Waals surface area contributed by atoms with Crippen LogP contribution in [0.3, 0.4) is 0 Å². The first-order chi connectivity index (χ1) is 32.0. The van der Waals surface area contributed by atoms with Crippen molar-refractivity contribution in [3.63, 3.8) is 0 Å². The number of ether oxygens (including phenoxy) is 4. The van der Waals surface area contributed by atoms with Crippen molar-refractivity contribution >= 4 is 5.91 Å². The van der Waals surface area contributed by atoms with Crippen LogP contribution in [0.25, 0.3) is 0 Å². The van der Waals surface area contributed by atoms with E-state index in [1.165, 1.54) is 193 Å². The van der Waals surface area contributed by atoms with Gasteiger partial charge in [-0.2, -0.15) is 0 Å². The summed E-state index contributed by atoms with van der Waals surface area (Å²) in [6.07, 6.45) is 29.8. The Morgan fingerprint density at radius 2 is 0.909 bits per heavy atom. The fraction of sp³-hybridized carbons (Fsp3) is 0.942. The van der Waals surface area contributed by atoms with Crippen molar-refractivity contribution < 1.29 is 64.6 Å². The van der Waals surface area contributed by atoms with Crippen molar-refractivity contribution in [1.82, 2.24) is 5.32 Å². The molecule has 2 rings (SSSR count). The molecule has 0 spiro atoms.